The van der Waals surface area contributed by atoms with Crippen molar-refractivity contribution in [3.05, 3.63) is 35.9 Å². The Labute approximate surface area is 284 Å². The highest BCUT2D eigenvalue weighted by atomic mass is 32.2. The van der Waals surface area contributed by atoms with Crippen LogP contribution in [0.1, 0.15) is 84.6 Å². The van der Waals surface area contributed by atoms with Gasteiger partial charge in [0.05, 0.1) is 23.8 Å². The predicted molar refractivity (Wildman–Crippen MR) is 188 cm³/mol. The molecule has 0 bridgehead atoms. The number of carbonyl (C=O) groups is 2. The highest BCUT2D eigenvalue weighted by Gasteiger charge is 2.35. The fourth-order valence-corrected chi connectivity index (χ4v) is 7.72. The average Bonchev–Trinajstić information content (AvgIpc) is 3.04. The summed E-state index contributed by atoms with van der Waals surface area (Å²) in [6, 6.07) is 7.31. The van der Waals surface area contributed by atoms with Crippen LogP contribution < -0.4 is 10.6 Å². The van der Waals surface area contributed by atoms with E-state index in [-0.39, 0.29) is 18.8 Å². The molecule has 1 saturated carbocycles. The molecular formula is C36H60N4O6S. The number of hydrogen-bond donors (Lipinski definition) is 4. The number of nitrogens with one attached hydrogen (secondary N) is 2. The minimum atomic E-state index is -3.83. The molecule has 0 aliphatic heterocycles. The second-order valence-electron chi connectivity index (χ2n) is 13.5. The lowest BCUT2D eigenvalue weighted by molar-refractivity contribution is -0.132. The zero-order valence-electron chi connectivity index (χ0n) is 29.2. The van der Waals surface area contributed by atoms with Gasteiger partial charge in [-0.3, -0.25) is 9.59 Å². The van der Waals surface area contributed by atoms with Gasteiger partial charge in [0.15, 0.2) is 0 Å². The zero-order valence-corrected chi connectivity index (χ0v) is 30.1. The van der Waals surface area contributed by atoms with Crippen molar-refractivity contribution < 1.29 is 28.2 Å². The Morgan fingerprint density at radius 2 is 1.64 bits per heavy atom. The molecule has 1 aromatic rings. The molecule has 1 fully saturated rings. The number of aliphatic hydroxyl groups excluding tert-OH is 2. The third-order valence-electron chi connectivity index (χ3n) is 9.32. The highest BCUT2D eigenvalue weighted by molar-refractivity contribution is 7.89. The first-order valence-electron chi connectivity index (χ1n) is 17.4. The summed E-state index contributed by atoms with van der Waals surface area (Å²) < 4.78 is 28.3. The van der Waals surface area contributed by atoms with Crippen molar-refractivity contribution in [3.63, 3.8) is 0 Å². The van der Waals surface area contributed by atoms with Crippen molar-refractivity contribution in [2.45, 2.75) is 110 Å². The van der Waals surface area contributed by atoms with Crippen LogP contribution in [-0.4, -0.2) is 103 Å². The fourth-order valence-electron chi connectivity index (χ4n) is 6.32. The van der Waals surface area contributed by atoms with Gasteiger partial charge < -0.3 is 25.7 Å². The smallest absolute Gasteiger partial charge is 0.243 e. The van der Waals surface area contributed by atoms with Crippen molar-refractivity contribution in [3.8, 4) is 12.3 Å². The molecule has 4 N–H and O–H groups in total. The van der Waals surface area contributed by atoms with Crippen LogP contribution in [0.5, 0.6) is 0 Å². The molecule has 1 aliphatic carbocycles. The molecule has 2 unspecified atom stereocenters. The van der Waals surface area contributed by atoms with Gasteiger partial charge in [-0.25, -0.2) is 12.7 Å². The topological polar surface area (TPSA) is 139 Å². The summed E-state index contributed by atoms with van der Waals surface area (Å²) in [5.74, 6) is 0.339. The number of likely N-dealkylation sites (N-methyl/N-ethyl adjacent to an activating group) is 2. The summed E-state index contributed by atoms with van der Waals surface area (Å²) in [6.45, 7) is 10.4. The maximum atomic E-state index is 13.8. The summed E-state index contributed by atoms with van der Waals surface area (Å²) in [5.41, 5.74) is 0.793. The summed E-state index contributed by atoms with van der Waals surface area (Å²) in [5, 5.41) is 27.6. The summed E-state index contributed by atoms with van der Waals surface area (Å²) in [6.07, 6.45) is 9.65. The van der Waals surface area contributed by atoms with Gasteiger partial charge in [0.1, 0.15) is 12.1 Å². The second-order valence-corrected chi connectivity index (χ2v) is 15.6. The lowest BCUT2D eigenvalue weighted by Gasteiger charge is -2.33. The largest absolute Gasteiger partial charge is 0.390 e. The van der Waals surface area contributed by atoms with Crippen LogP contribution in [0.4, 0.5) is 0 Å². The van der Waals surface area contributed by atoms with E-state index in [1.807, 2.05) is 58.0 Å². The van der Waals surface area contributed by atoms with Crippen molar-refractivity contribution in [2.24, 2.45) is 17.8 Å². The third-order valence-corrected chi connectivity index (χ3v) is 11.3. The van der Waals surface area contributed by atoms with Crippen LogP contribution in [0, 0.1) is 30.1 Å². The molecule has 5 atom stereocenters. The number of sulfonamides is 1. The van der Waals surface area contributed by atoms with Gasteiger partial charge in [0, 0.05) is 26.6 Å². The molecule has 0 saturated heterocycles. The maximum absolute atomic E-state index is 13.8. The van der Waals surface area contributed by atoms with Crippen molar-refractivity contribution in [1.29, 1.82) is 0 Å². The van der Waals surface area contributed by atoms with Gasteiger partial charge in [-0.1, -0.05) is 90.1 Å². The van der Waals surface area contributed by atoms with Crippen LogP contribution in [0.15, 0.2) is 30.3 Å². The lowest BCUT2D eigenvalue weighted by atomic mass is 9.82. The Morgan fingerprint density at radius 1 is 1.00 bits per heavy atom. The zero-order chi connectivity index (χ0) is 35.0. The molecule has 2 amide bonds. The Morgan fingerprint density at radius 3 is 2.21 bits per heavy atom. The van der Waals surface area contributed by atoms with Gasteiger partial charge in [0.25, 0.3) is 0 Å². The number of amides is 2. The average molecular weight is 677 g/mol. The summed E-state index contributed by atoms with van der Waals surface area (Å²) >= 11 is 0. The van der Waals surface area contributed by atoms with E-state index in [2.05, 4.69) is 21.5 Å². The van der Waals surface area contributed by atoms with E-state index in [9.17, 15) is 28.2 Å². The first-order valence-corrected chi connectivity index (χ1v) is 19.0. The van der Waals surface area contributed by atoms with E-state index in [1.54, 1.807) is 0 Å². The number of carbonyl (C=O) groups excluding carboxylic acids is 2. The van der Waals surface area contributed by atoms with Gasteiger partial charge in [0.2, 0.25) is 21.8 Å². The van der Waals surface area contributed by atoms with E-state index >= 15 is 0 Å². The molecule has 0 aromatic heterocycles. The maximum Gasteiger partial charge on any atom is 0.243 e. The third kappa shape index (κ3) is 14.3. The van der Waals surface area contributed by atoms with E-state index in [0.717, 1.165) is 50.8 Å². The quantitative estimate of drug-likeness (QED) is 0.147. The molecule has 0 radical (unpaired) electrons. The van der Waals surface area contributed by atoms with Crippen LogP contribution >= 0.6 is 0 Å². The molecular weight excluding hydrogens is 616 g/mol. The number of rotatable bonds is 21. The van der Waals surface area contributed by atoms with Gasteiger partial charge in [-0.05, 0) is 49.8 Å². The fraction of sp³-hybridized carbons (Fsp3) is 0.722. The first kappa shape index (κ1) is 40.7. The highest BCUT2D eigenvalue weighted by Crippen LogP contribution is 2.29. The number of aliphatic hydroxyl groups is 2. The molecule has 2 rings (SSSR count). The molecule has 1 aromatic carbocycles. The van der Waals surface area contributed by atoms with Gasteiger partial charge in [-0.2, -0.15) is 0 Å². The van der Waals surface area contributed by atoms with Crippen molar-refractivity contribution in [2.75, 3.05) is 39.0 Å². The Hall–Kier alpha value is -2.49. The second kappa shape index (κ2) is 20.8. The number of nitrogens with zero attached hydrogens (tertiary/aromatic N) is 2. The lowest BCUT2D eigenvalue weighted by Crippen LogP contribution is -2.56. The van der Waals surface area contributed by atoms with Crippen LogP contribution in [0.3, 0.4) is 0 Å². The number of terminal acetylenes is 1. The Kier molecular flexibility index (Phi) is 18.0. The monoisotopic (exact) mass is 676 g/mol. The Bertz CT molecular complexity index is 1210. The van der Waals surface area contributed by atoms with Crippen molar-refractivity contribution >= 4 is 21.8 Å². The first-order chi connectivity index (χ1) is 22.3. The van der Waals surface area contributed by atoms with E-state index in [1.165, 1.54) is 11.4 Å². The molecule has 11 heteroatoms. The molecule has 266 valence electrons. The molecule has 47 heavy (non-hydrogen) atoms. The van der Waals surface area contributed by atoms with Gasteiger partial charge in [-0.15, -0.1) is 12.3 Å². The number of benzene rings is 1. The molecule has 0 heterocycles. The normalized spacial score (nSPS) is 17.6. The van der Waals surface area contributed by atoms with E-state index < -0.39 is 57.8 Å². The van der Waals surface area contributed by atoms with Crippen LogP contribution in [-0.2, 0) is 26.0 Å². The van der Waals surface area contributed by atoms with Gasteiger partial charge >= 0.3 is 0 Å². The Balaban J connectivity index is 2.26. The standard InChI is InChI=1S/C36H60N4O6S/c1-7-16-31(36(44)38-32(25-29-19-14-11-15-20-29)34(42)33(41)23-27(4)5)37-35(43)30(24-28-17-12-10-13-18-28)26-47(45,46)39(6)21-22-40(8-2)9-3/h1,10,12-13,17-18,27,29-34,41-42H,8-9,11,14-16,19-26H2,2-6H3,(H,37,43)(H,38,44)/t30?,31-,32?,33-,34+/m0/s1. The van der Waals surface area contributed by atoms with E-state index in [4.69, 9.17) is 6.42 Å². The van der Waals surface area contributed by atoms with Crippen LogP contribution in [0.2, 0.25) is 0 Å². The van der Waals surface area contributed by atoms with E-state index in [0.29, 0.717) is 31.8 Å². The minimum Gasteiger partial charge on any atom is -0.390 e. The van der Waals surface area contributed by atoms with Crippen LogP contribution in [0.25, 0.3) is 0 Å². The SMILES string of the molecule is C#CC[C@H](NC(=O)C(Cc1ccccc1)CS(=O)(=O)N(C)CCN(CC)CC)C(=O)NC(CC1CCCCC1)[C@@H](O)[C@@H](O)CC(C)C. The summed E-state index contributed by atoms with van der Waals surface area (Å²) in [7, 11) is -2.30. The molecule has 0 spiro atoms. The molecule has 1 aliphatic rings. The number of hydrogen-bond acceptors (Lipinski definition) is 7. The van der Waals surface area contributed by atoms with Crippen molar-refractivity contribution in [1.82, 2.24) is 19.8 Å². The minimum absolute atomic E-state index is 0.118. The summed E-state index contributed by atoms with van der Waals surface area (Å²) in [4.78, 5) is 29.7. The molecule has 10 nitrogen and oxygen atoms in total. The predicted octanol–water partition coefficient (Wildman–Crippen LogP) is 3.18.